The highest BCUT2D eigenvalue weighted by Gasteiger charge is 2.52. The van der Waals surface area contributed by atoms with E-state index in [0.29, 0.717) is 0 Å². The maximum atomic E-state index is 2.48. The largest absolute Gasteiger partial charge is 0.310 e. The zero-order chi connectivity index (χ0) is 41.5. The van der Waals surface area contributed by atoms with Gasteiger partial charge in [-0.05, 0) is 138 Å². The van der Waals surface area contributed by atoms with Crippen LogP contribution in [0.1, 0.15) is 22.3 Å². The lowest BCUT2D eigenvalue weighted by atomic mass is 9.70. The van der Waals surface area contributed by atoms with Crippen LogP contribution in [0.5, 0.6) is 0 Å². The molecule has 0 aliphatic heterocycles. The van der Waals surface area contributed by atoms with Gasteiger partial charge >= 0.3 is 0 Å². The van der Waals surface area contributed by atoms with Crippen LogP contribution >= 0.6 is 0 Å². The van der Waals surface area contributed by atoms with Crippen molar-refractivity contribution in [3.8, 4) is 22.3 Å². The molecule has 0 bridgehead atoms. The Morgan fingerprint density at radius 1 is 0.254 bits per heavy atom. The molecule has 0 saturated heterocycles. The number of rotatable bonds is 6. The van der Waals surface area contributed by atoms with E-state index in [1.807, 2.05) is 0 Å². The Morgan fingerprint density at radius 3 is 1.57 bits per heavy atom. The van der Waals surface area contributed by atoms with Crippen LogP contribution in [0.3, 0.4) is 0 Å². The predicted octanol–water partition coefficient (Wildman–Crippen LogP) is 16.4. The van der Waals surface area contributed by atoms with Crippen LogP contribution in [0, 0.1) is 0 Å². The van der Waals surface area contributed by atoms with Crippen molar-refractivity contribution in [3.63, 3.8) is 0 Å². The summed E-state index contributed by atoms with van der Waals surface area (Å²) in [7, 11) is 0. The fraction of sp³-hybridized carbons (Fsp3) is 0.0164. The van der Waals surface area contributed by atoms with E-state index in [1.54, 1.807) is 0 Å². The van der Waals surface area contributed by atoms with Crippen molar-refractivity contribution in [1.29, 1.82) is 0 Å². The smallest absolute Gasteiger partial charge is 0.0727 e. The van der Waals surface area contributed by atoms with Crippen molar-refractivity contribution in [2.75, 3.05) is 9.80 Å². The molecule has 0 radical (unpaired) electrons. The molecule has 2 nitrogen and oxygen atoms in total. The van der Waals surface area contributed by atoms with E-state index < -0.39 is 5.41 Å². The highest BCUT2D eigenvalue weighted by atomic mass is 15.1. The van der Waals surface area contributed by atoms with Crippen LogP contribution < -0.4 is 9.80 Å². The molecule has 0 saturated carbocycles. The Hall–Kier alpha value is -8.20. The Labute approximate surface area is 367 Å². The summed E-state index contributed by atoms with van der Waals surface area (Å²) in [6.45, 7) is 0. The number of benzene rings is 11. The molecule has 11 aromatic carbocycles. The van der Waals surface area contributed by atoms with E-state index in [4.69, 9.17) is 0 Å². The average Bonchev–Trinajstić information content (AvgIpc) is 3.82. The standard InChI is InChI=1S/C61H40N2/c1-3-19-45(20-4-1)62(47-33-32-41-16-7-8-18-43(41)38-47)49-35-37-53-52-24-11-13-26-55(52)61(58(53)40-49)56-27-14-12-25-54(56)60-57(61)28-15-29-59(60)63(46-21-5-2-6-22-46)48-34-36-51-44(39-48)31-30-42-17-9-10-23-50(42)51/h1-40H. The van der Waals surface area contributed by atoms with Crippen LogP contribution in [0.4, 0.5) is 34.1 Å². The second-order valence-electron chi connectivity index (χ2n) is 16.8. The molecule has 11 aromatic rings. The monoisotopic (exact) mass is 800 g/mol. The molecule has 63 heavy (non-hydrogen) atoms. The van der Waals surface area contributed by atoms with Crippen molar-refractivity contribution in [3.05, 3.63) is 265 Å². The molecule has 0 aromatic heterocycles. The summed E-state index contributed by atoms with van der Waals surface area (Å²) < 4.78 is 0. The van der Waals surface area contributed by atoms with Crippen molar-refractivity contribution in [2.45, 2.75) is 5.41 Å². The van der Waals surface area contributed by atoms with Gasteiger partial charge in [-0.3, -0.25) is 0 Å². The average molecular weight is 801 g/mol. The quantitative estimate of drug-likeness (QED) is 0.155. The summed E-state index contributed by atoms with van der Waals surface area (Å²) in [6.07, 6.45) is 0. The van der Waals surface area contributed by atoms with E-state index in [2.05, 4.69) is 252 Å². The first-order valence-electron chi connectivity index (χ1n) is 21.8. The van der Waals surface area contributed by atoms with Crippen LogP contribution in [0.25, 0.3) is 54.6 Å². The van der Waals surface area contributed by atoms with Crippen LogP contribution in [0.15, 0.2) is 243 Å². The zero-order valence-electron chi connectivity index (χ0n) is 34.5. The molecular weight excluding hydrogens is 761 g/mol. The Morgan fingerprint density at radius 2 is 0.762 bits per heavy atom. The van der Waals surface area contributed by atoms with Crippen LogP contribution in [0.2, 0.25) is 0 Å². The minimum absolute atomic E-state index is 0.555. The summed E-state index contributed by atoms with van der Waals surface area (Å²) in [5, 5.41) is 7.45. The minimum Gasteiger partial charge on any atom is -0.310 e. The normalized spacial score (nSPS) is 14.4. The van der Waals surface area contributed by atoms with Gasteiger partial charge in [0.15, 0.2) is 0 Å². The molecule has 1 unspecified atom stereocenters. The van der Waals surface area contributed by atoms with E-state index in [0.717, 1.165) is 34.1 Å². The van der Waals surface area contributed by atoms with E-state index in [-0.39, 0.29) is 0 Å². The molecule has 0 amide bonds. The predicted molar refractivity (Wildman–Crippen MR) is 265 cm³/mol. The lowest BCUT2D eigenvalue weighted by Gasteiger charge is -2.33. The van der Waals surface area contributed by atoms with Gasteiger partial charge in [-0.1, -0.05) is 176 Å². The Bertz CT molecular complexity index is 3590. The van der Waals surface area contributed by atoms with Gasteiger partial charge in [0.05, 0.1) is 11.1 Å². The fourth-order valence-electron chi connectivity index (χ4n) is 11.0. The number of anilines is 6. The van der Waals surface area contributed by atoms with E-state index in [1.165, 1.54) is 76.8 Å². The molecule has 294 valence electrons. The van der Waals surface area contributed by atoms with Crippen LogP contribution in [-0.4, -0.2) is 0 Å². The van der Waals surface area contributed by atoms with Crippen molar-refractivity contribution >= 4 is 66.4 Å². The second-order valence-corrected chi connectivity index (χ2v) is 16.8. The van der Waals surface area contributed by atoms with Gasteiger partial charge in [0.2, 0.25) is 0 Å². The maximum Gasteiger partial charge on any atom is 0.0727 e. The molecule has 13 rings (SSSR count). The molecule has 2 aliphatic rings. The van der Waals surface area contributed by atoms with Gasteiger partial charge in [0.25, 0.3) is 0 Å². The van der Waals surface area contributed by atoms with Crippen molar-refractivity contribution < 1.29 is 0 Å². The number of para-hydroxylation sites is 2. The first-order chi connectivity index (χ1) is 31.3. The summed E-state index contributed by atoms with van der Waals surface area (Å²) >= 11 is 0. The number of hydrogen-bond donors (Lipinski definition) is 0. The Kier molecular flexibility index (Phi) is 7.85. The van der Waals surface area contributed by atoms with Crippen molar-refractivity contribution in [2.24, 2.45) is 0 Å². The molecule has 2 aliphatic carbocycles. The molecule has 0 heterocycles. The first-order valence-corrected chi connectivity index (χ1v) is 21.8. The molecule has 1 spiro atoms. The molecule has 2 heteroatoms. The fourth-order valence-corrected chi connectivity index (χ4v) is 11.0. The highest BCUT2D eigenvalue weighted by Crippen LogP contribution is 2.65. The minimum atomic E-state index is -0.555. The van der Waals surface area contributed by atoms with Gasteiger partial charge in [-0.2, -0.15) is 0 Å². The SMILES string of the molecule is c1ccc(N(c2ccc3c(c2)C2(c4ccccc4-3)c3ccccc3-c3c(N(c4ccccc4)c4ccc5c(ccc6ccccc65)c4)cccc32)c2ccc3ccccc3c2)cc1. The Balaban J connectivity index is 1.06. The third-order valence-electron chi connectivity index (χ3n) is 13.6. The van der Waals surface area contributed by atoms with E-state index in [9.17, 15) is 0 Å². The summed E-state index contributed by atoms with van der Waals surface area (Å²) in [5.74, 6) is 0. The highest BCUT2D eigenvalue weighted by molar-refractivity contribution is 6.09. The van der Waals surface area contributed by atoms with Gasteiger partial charge < -0.3 is 9.80 Å². The number of nitrogens with zero attached hydrogens (tertiary/aromatic N) is 2. The molecular formula is C61H40N2. The summed E-state index contributed by atoms with van der Waals surface area (Å²) in [6, 6.07) is 89.7. The maximum absolute atomic E-state index is 2.48. The van der Waals surface area contributed by atoms with E-state index >= 15 is 0 Å². The zero-order valence-corrected chi connectivity index (χ0v) is 34.5. The molecule has 0 N–H and O–H groups in total. The van der Waals surface area contributed by atoms with Gasteiger partial charge in [0.1, 0.15) is 0 Å². The molecule has 1 atom stereocenters. The van der Waals surface area contributed by atoms with Crippen molar-refractivity contribution in [1.82, 2.24) is 0 Å². The third kappa shape index (κ3) is 5.25. The van der Waals surface area contributed by atoms with Gasteiger partial charge in [0, 0.05) is 34.0 Å². The second kappa shape index (κ2) is 13.9. The lowest BCUT2D eigenvalue weighted by molar-refractivity contribution is 0.793. The first kappa shape index (κ1) is 35.5. The number of hydrogen-bond acceptors (Lipinski definition) is 2. The molecule has 0 fully saturated rings. The van der Waals surface area contributed by atoms with Crippen LogP contribution in [-0.2, 0) is 5.41 Å². The summed E-state index contributed by atoms with van der Waals surface area (Å²) in [5.41, 5.74) is 16.5. The lowest BCUT2D eigenvalue weighted by Crippen LogP contribution is -2.26. The third-order valence-corrected chi connectivity index (χ3v) is 13.6. The van der Waals surface area contributed by atoms with Gasteiger partial charge in [-0.15, -0.1) is 0 Å². The van der Waals surface area contributed by atoms with Gasteiger partial charge in [-0.25, -0.2) is 0 Å². The number of fused-ring (bicyclic) bond motifs is 14. The topological polar surface area (TPSA) is 6.48 Å². The summed E-state index contributed by atoms with van der Waals surface area (Å²) in [4.78, 5) is 4.89.